The average Bonchev–Trinajstić information content (AvgIpc) is 2.95. The summed E-state index contributed by atoms with van der Waals surface area (Å²) in [5.41, 5.74) is 0. The summed E-state index contributed by atoms with van der Waals surface area (Å²) in [6, 6.07) is 1.26. The highest BCUT2D eigenvalue weighted by molar-refractivity contribution is 5.70. The molecule has 0 spiro atoms. The number of hydrogen-bond acceptors (Lipinski definition) is 3. The summed E-state index contributed by atoms with van der Waals surface area (Å²) in [7, 11) is 0. The highest BCUT2D eigenvalue weighted by atomic mass is 16.4. The Bertz CT molecular complexity index is 283. The summed E-state index contributed by atoms with van der Waals surface area (Å²) in [6.45, 7) is 8.54. The van der Waals surface area contributed by atoms with Gasteiger partial charge in [-0.15, -0.1) is 0 Å². The number of carboxylic acid groups (broad SMARTS) is 1. The normalized spacial score (nSPS) is 33.1. The summed E-state index contributed by atoms with van der Waals surface area (Å²) < 4.78 is 0. The molecule has 2 fully saturated rings. The number of carboxylic acids is 1. The summed E-state index contributed by atoms with van der Waals surface area (Å²) in [5.74, 6) is -0.753. The minimum Gasteiger partial charge on any atom is -0.481 e. The summed E-state index contributed by atoms with van der Waals surface area (Å²) >= 11 is 0. The lowest BCUT2D eigenvalue weighted by Crippen LogP contribution is -2.38. The van der Waals surface area contributed by atoms with E-state index in [-0.39, 0.29) is 5.92 Å². The lowest BCUT2D eigenvalue weighted by Gasteiger charge is -2.26. The number of likely N-dealkylation sites (tertiary alicyclic amines) is 2. The van der Waals surface area contributed by atoms with Crippen LogP contribution in [-0.4, -0.2) is 59.1 Å². The lowest BCUT2D eigenvalue weighted by molar-refractivity contribution is -0.141. The van der Waals surface area contributed by atoms with E-state index >= 15 is 0 Å². The second-order valence-corrected chi connectivity index (χ2v) is 5.51. The van der Waals surface area contributed by atoms with E-state index in [2.05, 4.69) is 23.6 Å². The van der Waals surface area contributed by atoms with Gasteiger partial charge in [-0.05, 0) is 32.7 Å². The third-order valence-corrected chi connectivity index (χ3v) is 4.49. The molecule has 0 radical (unpaired) electrons. The molecule has 1 N–H and O–H groups in total. The molecule has 0 aromatic carbocycles. The van der Waals surface area contributed by atoms with Crippen molar-refractivity contribution in [1.82, 2.24) is 9.80 Å². The molecule has 2 aliphatic rings. The van der Waals surface area contributed by atoms with Gasteiger partial charge in [0.15, 0.2) is 0 Å². The maximum absolute atomic E-state index is 10.9. The van der Waals surface area contributed by atoms with Crippen molar-refractivity contribution >= 4 is 5.97 Å². The van der Waals surface area contributed by atoms with Crippen LogP contribution in [0, 0.1) is 5.92 Å². The van der Waals surface area contributed by atoms with E-state index in [1.807, 2.05) is 0 Å². The Morgan fingerprint density at radius 2 is 2.12 bits per heavy atom. The van der Waals surface area contributed by atoms with Gasteiger partial charge in [0.1, 0.15) is 0 Å². The van der Waals surface area contributed by atoms with E-state index in [9.17, 15) is 4.79 Å². The van der Waals surface area contributed by atoms with Crippen molar-refractivity contribution in [1.29, 1.82) is 0 Å². The van der Waals surface area contributed by atoms with Crippen LogP contribution in [0.25, 0.3) is 0 Å². The van der Waals surface area contributed by atoms with Crippen LogP contribution in [0.5, 0.6) is 0 Å². The highest BCUT2D eigenvalue weighted by Crippen LogP contribution is 2.25. The Labute approximate surface area is 104 Å². The second-order valence-electron chi connectivity index (χ2n) is 5.51. The predicted molar refractivity (Wildman–Crippen MR) is 67.0 cm³/mol. The van der Waals surface area contributed by atoms with Crippen molar-refractivity contribution in [2.45, 2.75) is 45.2 Å². The number of rotatable bonds is 4. The molecule has 0 saturated carbocycles. The highest BCUT2D eigenvalue weighted by Gasteiger charge is 2.35. The first kappa shape index (κ1) is 12.8. The van der Waals surface area contributed by atoms with Crippen LogP contribution in [0.4, 0.5) is 0 Å². The molecule has 3 unspecified atom stereocenters. The molecule has 0 aromatic rings. The summed E-state index contributed by atoms with van der Waals surface area (Å²) in [5, 5.41) is 9.02. The largest absolute Gasteiger partial charge is 0.481 e. The molecular formula is C13H24N2O2. The van der Waals surface area contributed by atoms with E-state index in [4.69, 9.17) is 5.11 Å². The minimum atomic E-state index is -0.621. The molecule has 3 atom stereocenters. The summed E-state index contributed by atoms with van der Waals surface area (Å²) in [4.78, 5) is 15.9. The lowest BCUT2D eigenvalue weighted by atomic mass is 10.1. The monoisotopic (exact) mass is 240 g/mol. The molecule has 17 heavy (non-hydrogen) atoms. The molecule has 98 valence electrons. The van der Waals surface area contributed by atoms with Gasteiger partial charge >= 0.3 is 5.97 Å². The molecule has 2 saturated heterocycles. The Hall–Kier alpha value is -0.610. The molecule has 2 aliphatic heterocycles. The van der Waals surface area contributed by atoms with Gasteiger partial charge in [0.05, 0.1) is 5.92 Å². The van der Waals surface area contributed by atoms with Gasteiger partial charge in [-0.3, -0.25) is 14.6 Å². The van der Waals surface area contributed by atoms with Gasteiger partial charge in [-0.25, -0.2) is 0 Å². The van der Waals surface area contributed by atoms with Crippen LogP contribution in [-0.2, 0) is 4.79 Å². The van der Waals surface area contributed by atoms with E-state index < -0.39 is 5.97 Å². The minimum absolute atomic E-state index is 0.132. The van der Waals surface area contributed by atoms with Gasteiger partial charge in [-0.2, -0.15) is 0 Å². The summed E-state index contributed by atoms with van der Waals surface area (Å²) in [6.07, 6.45) is 3.23. The number of nitrogens with zero attached hydrogens (tertiary/aromatic N) is 2. The molecule has 4 nitrogen and oxygen atoms in total. The zero-order valence-electron chi connectivity index (χ0n) is 10.9. The third-order valence-electron chi connectivity index (χ3n) is 4.49. The van der Waals surface area contributed by atoms with E-state index in [0.717, 1.165) is 26.1 Å². The Morgan fingerprint density at radius 3 is 2.71 bits per heavy atom. The fourth-order valence-corrected chi connectivity index (χ4v) is 3.05. The van der Waals surface area contributed by atoms with E-state index in [1.54, 1.807) is 0 Å². The van der Waals surface area contributed by atoms with Crippen LogP contribution < -0.4 is 0 Å². The van der Waals surface area contributed by atoms with Crippen molar-refractivity contribution in [2.75, 3.05) is 26.2 Å². The molecule has 0 bridgehead atoms. The zero-order chi connectivity index (χ0) is 12.4. The number of hydrogen-bond donors (Lipinski definition) is 1. The van der Waals surface area contributed by atoms with Crippen molar-refractivity contribution in [3.63, 3.8) is 0 Å². The maximum Gasteiger partial charge on any atom is 0.307 e. The molecule has 0 amide bonds. The van der Waals surface area contributed by atoms with Crippen LogP contribution >= 0.6 is 0 Å². The molecule has 0 aliphatic carbocycles. The van der Waals surface area contributed by atoms with Crippen molar-refractivity contribution in [3.05, 3.63) is 0 Å². The van der Waals surface area contributed by atoms with Gasteiger partial charge in [0.2, 0.25) is 0 Å². The molecule has 0 aromatic heterocycles. The number of carbonyl (C=O) groups is 1. The first-order valence-electron chi connectivity index (χ1n) is 6.82. The van der Waals surface area contributed by atoms with Crippen LogP contribution in [0.15, 0.2) is 0 Å². The quantitative estimate of drug-likeness (QED) is 0.803. The maximum atomic E-state index is 10.9. The predicted octanol–water partition coefficient (Wildman–Crippen LogP) is 1.27. The average molecular weight is 240 g/mol. The Balaban J connectivity index is 1.83. The van der Waals surface area contributed by atoms with Crippen molar-refractivity contribution in [3.8, 4) is 0 Å². The number of aliphatic carboxylic acids is 1. The van der Waals surface area contributed by atoms with Gasteiger partial charge < -0.3 is 5.11 Å². The van der Waals surface area contributed by atoms with Crippen molar-refractivity contribution in [2.24, 2.45) is 5.92 Å². The molecular weight excluding hydrogens is 216 g/mol. The molecule has 2 heterocycles. The smallest absolute Gasteiger partial charge is 0.307 e. The SMILES string of the molecule is CCC(C)N1CCC(N2CCC(C(=O)O)C2)C1. The van der Waals surface area contributed by atoms with Crippen LogP contribution in [0.3, 0.4) is 0 Å². The topological polar surface area (TPSA) is 43.8 Å². The first-order valence-corrected chi connectivity index (χ1v) is 6.82. The van der Waals surface area contributed by atoms with Gasteiger partial charge in [0, 0.05) is 31.7 Å². The Kier molecular flexibility index (Phi) is 4.05. The first-order chi connectivity index (χ1) is 8.11. The zero-order valence-corrected chi connectivity index (χ0v) is 10.9. The van der Waals surface area contributed by atoms with Crippen LogP contribution in [0.1, 0.15) is 33.1 Å². The fourth-order valence-electron chi connectivity index (χ4n) is 3.05. The fraction of sp³-hybridized carbons (Fsp3) is 0.923. The Morgan fingerprint density at radius 1 is 1.35 bits per heavy atom. The van der Waals surface area contributed by atoms with Crippen molar-refractivity contribution < 1.29 is 9.90 Å². The third kappa shape index (κ3) is 2.80. The second kappa shape index (κ2) is 5.36. The van der Waals surface area contributed by atoms with Crippen LogP contribution in [0.2, 0.25) is 0 Å². The van der Waals surface area contributed by atoms with E-state index in [0.29, 0.717) is 12.1 Å². The van der Waals surface area contributed by atoms with Gasteiger partial charge in [0.25, 0.3) is 0 Å². The molecule has 4 heteroatoms. The van der Waals surface area contributed by atoms with Gasteiger partial charge in [-0.1, -0.05) is 6.92 Å². The molecule has 2 rings (SSSR count). The standard InChI is InChI=1S/C13H24N2O2/c1-3-10(2)14-7-5-12(9-14)15-6-4-11(8-15)13(16)17/h10-12H,3-9H2,1-2H3,(H,16,17). The van der Waals surface area contributed by atoms with E-state index in [1.165, 1.54) is 19.4 Å².